The van der Waals surface area contributed by atoms with E-state index in [0.29, 0.717) is 11.9 Å². The SMILES string of the molecule is CC(C)CN=C(N)NCC1CCCCC1. The molecule has 0 aliphatic heterocycles. The summed E-state index contributed by atoms with van der Waals surface area (Å²) < 4.78 is 0. The fraction of sp³-hybridized carbons (Fsp3) is 0.917. The van der Waals surface area contributed by atoms with Crippen LogP contribution in [-0.4, -0.2) is 19.0 Å². The summed E-state index contributed by atoms with van der Waals surface area (Å²) in [6.45, 7) is 6.13. The normalized spacial score (nSPS) is 19.5. The summed E-state index contributed by atoms with van der Waals surface area (Å²) in [5.74, 6) is 2.01. The van der Waals surface area contributed by atoms with Gasteiger partial charge in [-0.1, -0.05) is 33.1 Å². The van der Waals surface area contributed by atoms with E-state index in [1.54, 1.807) is 0 Å². The Morgan fingerprint density at radius 2 is 2.00 bits per heavy atom. The molecular formula is C12H25N3. The Balaban J connectivity index is 2.14. The number of nitrogens with zero attached hydrogens (tertiary/aromatic N) is 1. The Morgan fingerprint density at radius 3 is 2.60 bits per heavy atom. The van der Waals surface area contributed by atoms with Crippen LogP contribution in [0.3, 0.4) is 0 Å². The third-order valence-electron chi connectivity index (χ3n) is 2.92. The van der Waals surface area contributed by atoms with E-state index in [9.17, 15) is 0 Å². The van der Waals surface area contributed by atoms with Crippen LogP contribution >= 0.6 is 0 Å². The fourth-order valence-electron chi connectivity index (χ4n) is 1.98. The maximum Gasteiger partial charge on any atom is 0.188 e. The van der Waals surface area contributed by atoms with Crippen LogP contribution in [0.5, 0.6) is 0 Å². The summed E-state index contributed by atoms with van der Waals surface area (Å²) in [7, 11) is 0. The summed E-state index contributed by atoms with van der Waals surface area (Å²) in [6.07, 6.45) is 6.88. The van der Waals surface area contributed by atoms with Gasteiger partial charge in [0, 0.05) is 13.1 Å². The van der Waals surface area contributed by atoms with Gasteiger partial charge in [-0.3, -0.25) is 4.99 Å². The summed E-state index contributed by atoms with van der Waals surface area (Å²) in [5.41, 5.74) is 5.78. The van der Waals surface area contributed by atoms with Gasteiger partial charge >= 0.3 is 0 Å². The minimum absolute atomic E-state index is 0.583. The van der Waals surface area contributed by atoms with Crippen molar-refractivity contribution in [1.82, 2.24) is 5.32 Å². The minimum atomic E-state index is 0.583. The van der Waals surface area contributed by atoms with Gasteiger partial charge in [-0.05, 0) is 24.7 Å². The molecule has 1 aliphatic rings. The van der Waals surface area contributed by atoms with Gasteiger partial charge in [-0.2, -0.15) is 0 Å². The van der Waals surface area contributed by atoms with E-state index in [1.807, 2.05) is 0 Å². The molecule has 0 spiro atoms. The van der Waals surface area contributed by atoms with Crippen LogP contribution in [0.2, 0.25) is 0 Å². The molecule has 3 nitrogen and oxygen atoms in total. The number of guanidine groups is 1. The van der Waals surface area contributed by atoms with Crippen molar-refractivity contribution in [3.8, 4) is 0 Å². The molecule has 0 heterocycles. The lowest BCUT2D eigenvalue weighted by atomic mass is 9.89. The molecule has 0 saturated heterocycles. The van der Waals surface area contributed by atoms with Crippen molar-refractivity contribution in [2.24, 2.45) is 22.6 Å². The van der Waals surface area contributed by atoms with Crippen LogP contribution in [0.15, 0.2) is 4.99 Å². The maximum atomic E-state index is 5.78. The number of aliphatic imine (C=N–C) groups is 1. The molecular weight excluding hydrogens is 186 g/mol. The first-order valence-electron chi connectivity index (χ1n) is 6.22. The van der Waals surface area contributed by atoms with Gasteiger partial charge in [0.2, 0.25) is 0 Å². The molecule has 3 N–H and O–H groups in total. The highest BCUT2D eigenvalue weighted by atomic mass is 15.1. The lowest BCUT2D eigenvalue weighted by Crippen LogP contribution is -2.36. The molecule has 3 heteroatoms. The van der Waals surface area contributed by atoms with Gasteiger partial charge in [0.25, 0.3) is 0 Å². The van der Waals surface area contributed by atoms with Crippen molar-refractivity contribution >= 4 is 5.96 Å². The highest BCUT2D eigenvalue weighted by Gasteiger charge is 2.12. The van der Waals surface area contributed by atoms with Crippen molar-refractivity contribution < 1.29 is 0 Å². The molecule has 0 aromatic carbocycles. The number of nitrogens with one attached hydrogen (secondary N) is 1. The van der Waals surface area contributed by atoms with Crippen molar-refractivity contribution in [3.63, 3.8) is 0 Å². The number of hydrogen-bond acceptors (Lipinski definition) is 1. The van der Waals surface area contributed by atoms with Crippen LogP contribution in [0.4, 0.5) is 0 Å². The molecule has 0 atom stereocenters. The molecule has 88 valence electrons. The minimum Gasteiger partial charge on any atom is -0.370 e. The fourth-order valence-corrected chi connectivity index (χ4v) is 1.98. The Kier molecular flexibility index (Phi) is 5.51. The largest absolute Gasteiger partial charge is 0.370 e. The Hall–Kier alpha value is -0.730. The van der Waals surface area contributed by atoms with Crippen molar-refractivity contribution in [2.75, 3.05) is 13.1 Å². The molecule has 0 unspecified atom stereocenters. The number of rotatable bonds is 4. The van der Waals surface area contributed by atoms with Gasteiger partial charge in [0.05, 0.1) is 0 Å². The highest BCUT2D eigenvalue weighted by molar-refractivity contribution is 5.77. The second-order valence-electron chi connectivity index (χ2n) is 5.00. The van der Waals surface area contributed by atoms with Crippen LogP contribution < -0.4 is 11.1 Å². The summed E-state index contributed by atoms with van der Waals surface area (Å²) >= 11 is 0. The summed E-state index contributed by atoms with van der Waals surface area (Å²) in [4.78, 5) is 4.29. The van der Waals surface area contributed by atoms with Crippen LogP contribution in [-0.2, 0) is 0 Å². The molecule has 15 heavy (non-hydrogen) atoms. The molecule has 0 radical (unpaired) electrons. The van der Waals surface area contributed by atoms with E-state index in [0.717, 1.165) is 19.0 Å². The smallest absolute Gasteiger partial charge is 0.188 e. The standard InChI is InChI=1S/C12H25N3/c1-10(2)8-14-12(13)15-9-11-6-4-3-5-7-11/h10-11H,3-9H2,1-2H3,(H3,13,14,15). The topological polar surface area (TPSA) is 50.4 Å². The molecule has 0 bridgehead atoms. The van der Waals surface area contributed by atoms with Crippen LogP contribution in [0.25, 0.3) is 0 Å². The van der Waals surface area contributed by atoms with E-state index in [1.165, 1.54) is 32.1 Å². The van der Waals surface area contributed by atoms with Crippen molar-refractivity contribution in [2.45, 2.75) is 46.0 Å². The molecule has 1 fully saturated rings. The van der Waals surface area contributed by atoms with E-state index in [2.05, 4.69) is 24.2 Å². The van der Waals surface area contributed by atoms with Gasteiger partial charge in [0.15, 0.2) is 5.96 Å². The van der Waals surface area contributed by atoms with Crippen LogP contribution in [0, 0.1) is 11.8 Å². The maximum absolute atomic E-state index is 5.78. The van der Waals surface area contributed by atoms with E-state index in [-0.39, 0.29) is 0 Å². The molecule has 1 rings (SSSR count). The predicted molar refractivity (Wildman–Crippen MR) is 65.9 cm³/mol. The monoisotopic (exact) mass is 211 g/mol. The van der Waals surface area contributed by atoms with Crippen molar-refractivity contribution in [3.05, 3.63) is 0 Å². The zero-order valence-electron chi connectivity index (χ0n) is 10.1. The summed E-state index contributed by atoms with van der Waals surface area (Å²) in [6, 6.07) is 0. The molecule has 1 saturated carbocycles. The molecule has 0 aromatic heterocycles. The third-order valence-corrected chi connectivity index (χ3v) is 2.92. The predicted octanol–water partition coefficient (Wildman–Crippen LogP) is 2.13. The van der Waals surface area contributed by atoms with Crippen molar-refractivity contribution in [1.29, 1.82) is 0 Å². The van der Waals surface area contributed by atoms with Gasteiger partial charge < -0.3 is 11.1 Å². The Labute approximate surface area is 93.5 Å². The molecule has 0 aromatic rings. The number of nitrogens with two attached hydrogens (primary N) is 1. The highest BCUT2D eigenvalue weighted by Crippen LogP contribution is 2.22. The third kappa shape index (κ3) is 5.65. The van der Waals surface area contributed by atoms with Gasteiger partial charge in [-0.15, -0.1) is 0 Å². The average Bonchev–Trinajstić information content (AvgIpc) is 2.25. The lowest BCUT2D eigenvalue weighted by Gasteiger charge is -2.21. The average molecular weight is 211 g/mol. The summed E-state index contributed by atoms with van der Waals surface area (Å²) in [5, 5.41) is 3.24. The van der Waals surface area contributed by atoms with E-state index in [4.69, 9.17) is 5.73 Å². The second-order valence-corrected chi connectivity index (χ2v) is 5.00. The van der Waals surface area contributed by atoms with E-state index >= 15 is 0 Å². The zero-order valence-corrected chi connectivity index (χ0v) is 10.1. The quantitative estimate of drug-likeness (QED) is 0.553. The Bertz CT molecular complexity index is 193. The lowest BCUT2D eigenvalue weighted by molar-refractivity contribution is 0.356. The first-order chi connectivity index (χ1) is 7.18. The molecule has 1 aliphatic carbocycles. The van der Waals surface area contributed by atoms with E-state index < -0.39 is 0 Å². The second kappa shape index (κ2) is 6.70. The molecule has 0 amide bonds. The van der Waals surface area contributed by atoms with Gasteiger partial charge in [-0.25, -0.2) is 0 Å². The van der Waals surface area contributed by atoms with Crippen LogP contribution in [0.1, 0.15) is 46.0 Å². The first kappa shape index (κ1) is 12.3. The number of hydrogen-bond donors (Lipinski definition) is 2. The first-order valence-corrected chi connectivity index (χ1v) is 6.22. The van der Waals surface area contributed by atoms with Gasteiger partial charge in [0.1, 0.15) is 0 Å². The Morgan fingerprint density at radius 1 is 1.33 bits per heavy atom. The zero-order chi connectivity index (χ0) is 11.1.